The molecule has 0 atom stereocenters. The van der Waals surface area contributed by atoms with Gasteiger partial charge in [0.1, 0.15) is 0 Å². The van der Waals surface area contributed by atoms with Crippen molar-refractivity contribution in [3.63, 3.8) is 0 Å². The first-order valence-electron chi connectivity index (χ1n) is 4.92. The first-order chi connectivity index (χ1) is 7.81. The number of terminal acetylenes is 1. The molecule has 0 aliphatic carbocycles. The molecule has 0 aliphatic heterocycles. The third-order valence-corrected chi connectivity index (χ3v) is 3.24. The molecule has 78 valence electrons. The van der Waals surface area contributed by atoms with Gasteiger partial charge < -0.3 is 0 Å². The molecule has 0 unspecified atom stereocenters. The van der Waals surface area contributed by atoms with E-state index in [1.165, 1.54) is 11.3 Å². The van der Waals surface area contributed by atoms with Gasteiger partial charge in [-0.3, -0.25) is 4.79 Å². The summed E-state index contributed by atoms with van der Waals surface area (Å²) in [5.74, 6) is 2.70. The topological polar surface area (TPSA) is 17.1 Å². The first kappa shape index (κ1) is 10.7. The zero-order chi connectivity index (χ0) is 11.4. The summed E-state index contributed by atoms with van der Waals surface area (Å²) in [6.45, 7) is 0. The zero-order valence-corrected chi connectivity index (χ0v) is 9.46. The van der Waals surface area contributed by atoms with Crippen molar-refractivity contribution in [1.29, 1.82) is 0 Å². The van der Waals surface area contributed by atoms with Crippen LogP contribution in [0.25, 0.3) is 0 Å². The number of Topliss-reactive ketones (excluding diaryl/α,β-unsaturated/α-hetero) is 1. The summed E-state index contributed by atoms with van der Waals surface area (Å²) in [7, 11) is 0. The highest BCUT2D eigenvalue weighted by molar-refractivity contribution is 7.10. The summed E-state index contributed by atoms with van der Waals surface area (Å²) in [6.07, 6.45) is 5.74. The summed E-state index contributed by atoms with van der Waals surface area (Å²) < 4.78 is 0. The summed E-state index contributed by atoms with van der Waals surface area (Å²) in [5, 5.41) is 1.92. The minimum Gasteiger partial charge on any atom is -0.294 e. The summed E-state index contributed by atoms with van der Waals surface area (Å²) in [4.78, 5) is 12.9. The normalized spacial score (nSPS) is 9.69. The Morgan fingerprint density at radius 1 is 1.25 bits per heavy atom. The predicted octanol–water partition coefficient (Wildman–Crippen LogP) is 3.15. The second-order valence-electron chi connectivity index (χ2n) is 3.37. The molecule has 2 aromatic rings. The summed E-state index contributed by atoms with van der Waals surface area (Å²) in [6, 6.07) is 11.2. The average Bonchev–Trinajstić information content (AvgIpc) is 2.77. The van der Waals surface area contributed by atoms with Crippen LogP contribution in [0.5, 0.6) is 0 Å². The molecule has 0 bridgehead atoms. The lowest BCUT2D eigenvalue weighted by molar-refractivity contribution is 0.0994. The van der Waals surface area contributed by atoms with Gasteiger partial charge in [-0.15, -0.1) is 17.8 Å². The molecule has 0 N–H and O–H groups in total. The van der Waals surface area contributed by atoms with E-state index in [1.807, 2.05) is 41.8 Å². The first-order valence-corrected chi connectivity index (χ1v) is 5.80. The van der Waals surface area contributed by atoms with Crippen molar-refractivity contribution in [2.75, 3.05) is 0 Å². The van der Waals surface area contributed by atoms with E-state index in [-0.39, 0.29) is 5.78 Å². The Kier molecular flexibility index (Phi) is 3.19. The lowest BCUT2D eigenvalue weighted by atomic mass is 10.1. The van der Waals surface area contributed by atoms with E-state index in [9.17, 15) is 4.79 Å². The van der Waals surface area contributed by atoms with E-state index < -0.39 is 0 Å². The van der Waals surface area contributed by atoms with Crippen LogP contribution in [-0.4, -0.2) is 5.78 Å². The zero-order valence-electron chi connectivity index (χ0n) is 8.64. The van der Waals surface area contributed by atoms with Crippen molar-refractivity contribution in [2.24, 2.45) is 0 Å². The average molecular weight is 226 g/mol. The molecule has 0 amide bonds. The van der Waals surface area contributed by atoms with Crippen LogP contribution >= 0.6 is 11.3 Å². The lowest BCUT2D eigenvalue weighted by Crippen LogP contribution is -2.02. The number of benzene rings is 1. The summed E-state index contributed by atoms with van der Waals surface area (Å²) >= 11 is 1.53. The molecule has 0 aliphatic rings. The third-order valence-electron chi connectivity index (χ3n) is 2.32. The van der Waals surface area contributed by atoms with E-state index >= 15 is 0 Å². The molecule has 0 radical (unpaired) electrons. The van der Waals surface area contributed by atoms with Crippen molar-refractivity contribution >= 4 is 17.1 Å². The van der Waals surface area contributed by atoms with E-state index in [0.29, 0.717) is 6.42 Å². The van der Waals surface area contributed by atoms with Crippen molar-refractivity contribution in [2.45, 2.75) is 6.42 Å². The fraction of sp³-hybridized carbons (Fsp3) is 0.0714. The smallest absolute Gasteiger partial charge is 0.168 e. The van der Waals surface area contributed by atoms with Gasteiger partial charge in [0, 0.05) is 22.4 Å². The summed E-state index contributed by atoms with van der Waals surface area (Å²) in [5.41, 5.74) is 1.56. The highest BCUT2D eigenvalue weighted by Crippen LogP contribution is 2.18. The fourth-order valence-corrected chi connectivity index (χ4v) is 2.31. The van der Waals surface area contributed by atoms with Gasteiger partial charge in [0.05, 0.1) is 0 Å². The van der Waals surface area contributed by atoms with Gasteiger partial charge in [0.15, 0.2) is 5.78 Å². The maximum Gasteiger partial charge on any atom is 0.168 e. The van der Waals surface area contributed by atoms with Crippen LogP contribution in [0.2, 0.25) is 0 Å². The molecule has 1 aromatic heterocycles. The molecule has 16 heavy (non-hydrogen) atoms. The number of carbonyl (C=O) groups excluding carboxylic acids is 1. The lowest BCUT2D eigenvalue weighted by Gasteiger charge is -1.99. The molecular weight excluding hydrogens is 216 g/mol. The molecule has 2 heteroatoms. The standard InChI is InChI=1S/C14H10OS/c1-2-11-8-9-16-14(11)10-13(15)12-6-4-3-5-7-12/h1,3-9H,10H2. The Morgan fingerprint density at radius 3 is 2.69 bits per heavy atom. The number of thiophene rings is 1. The highest BCUT2D eigenvalue weighted by Gasteiger charge is 2.09. The molecule has 0 saturated carbocycles. The number of hydrogen-bond acceptors (Lipinski definition) is 2. The molecular formula is C14H10OS. The van der Waals surface area contributed by atoms with Gasteiger partial charge in [0.25, 0.3) is 0 Å². The Hall–Kier alpha value is -1.85. The van der Waals surface area contributed by atoms with Crippen molar-refractivity contribution in [1.82, 2.24) is 0 Å². The van der Waals surface area contributed by atoms with Gasteiger partial charge in [0.2, 0.25) is 0 Å². The van der Waals surface area contributed by atoms with Crippen LogP contribution in [0.15, 0.2) is 41.8 Å². The maximum absolute atomic E-state index is 11.9. The molecule has 1 nitrogen and oxygen atoms in total. The minimum absolute atomic E-state index is 0.111. The number of ketones is 1. The van der Waals surface area contributed by atoms with Crippen molar-refractivity contribution in [3.8, 4) is 12.3 Å². The van der Waals surface area contributed by atoms with E-state index in [1.54, 1.807) is 0 Å². The minimum atomic E-state index is 0.111. The van der Waals surface area contributed by atoms with Crippen molar-refractivity contribution in [3.05, 3.63) is 57.8 Å². The fourth-order valence-electron chi connectivity index (χ4n) is 1.48. The number of carbonyl (C=O) groups is 1. The molecule has 0 spiro atoms. The molecule has 2 rings (SSSR count). The van der Waals surface area contributed by atoms with Crippen LogP contribution in [0.3, 0.4) is 0 Å². The van der Waals surface area contributed by atoms with E-state index in [0.717, 1.165) is 16.0 Å². The number of hydrogen-bond donors (Lipinski definition) is 0. The number of rotatable bonds is 3. The molecule has 0 fully saturated rings. The SMILES string of the molecule is C#Cc1ccsc1CC(=O)c1ccccc1. The third kappa shape index (κ3) is 2.21. The molecule has 0 saturated heterocycles. The van der Waals surface area contributed by atoms with Crippen LogP contribution in [0.1, 0.15) is 20.8 Å². The second kappa shape index (κ2) is 4.78. The predicted molar refractivity (Wildman–Crippen MR) is 66.7 cm³/mol. The van der Waals surface area contributed by atoms with Gasteiger partial charge >= 0.3 is 0 Å². The molecule has 1 aromatic carbocycles. The monoisotopic (exact) mass is 226 g/mol. The maximum atomic E-state index is 11.9. The Balaban J connectivity index is 2.18. The Labute approximate surface area is 98.7 Å². The van der Waals surface area contributed by atoms with Crippen LogP contribution < -0.4 is 0 Å². The quantitative estimate of drug-likeness (QED) is 0.580. The van der Waals surface area contributed by atoms with E-state index in [2.05, 4.69) is 5.92 Å². The van der Waals surface area contributed by atoms with Gasteiger partial charge in [-0.2, -0.15) is 0 Å². The molecule has 1 heterocycles. The second-order valence-corrected chi connectivity index (χ2v) is 4.37. The van der Waals surface area contributed by atoms with Crippen LogP contribution in [0, 0.1) is 12.3 Å². The Bertz CT molecular complexity index is 531. The highest BCUT2D eigenvalue weighted by atomic mass is 32.1. The van der Waals surface area contributed by atoms with Crippen LogP contribution in [0.4, 0.5) is 0 Å². The van der Waals surface area contributed by atoms with E-state index in [4.69, 9.17) is 6.42 Å². The van der Waals surface area contributed by atoms with Gasteiger partial charge in [-0.1, -0.05) is 36.3 Å². The van der Waals surface area contributed by atoms with Crippen molar-refractivity contribution < 1.29 is 4.79 Å². The van der Waals surface area contributed by atoms with Crippen LogP contribution in [-0.2, 0) is 6.42 Å². The largest absolute Gasteiger partial charge is 0.294 e. The van der Waals surface area contributed by atoms with Gasteiger partial charge in [-0.05, 0) is 11.4 Å². The van der Waals surface area contributed by atoms with Gasteiger partial charge in [-0.25, -0.2) is 0 Å². The Morgan fingerprint density at radius 2 is 2.00 bits per heavy atom.